The predicted molar refractivity (Wildman–Crippen MR) is 109 cm³/mol. The van der Waals surface area contributed by atoms with E-state index in [1.807, 2.05) is 24.5 Å². The van der Waals surface area contributed by atoms with Crippen LogP contribution in [0.2, 0.25) is 0 Å². The number of fused-ring (bicyclic) bond motifs is 1. The van der Waals surface area contributed by atoms with Gasteiger partial charge in [0, 0.05) is 17.0 Å². The molecule has 0 spiro atoms. The van der Waals surface area contributed by atoms with Crippen LogP contribution in [-0.4, -0.2) is 15.4 Å². The summed E-state index contributed by atoms with van der Waals surface area (Å²) in [6.07, 6.45) is 8.32. The largest absolute Gasteiger partial charge is 0.324 e. The van der Waals surface area contributed by atoms with Gasteiger partial charge in [-0.15, -0.1) is 6.42 Å². The Bertz CT molecular complexity index is 1190. The maximum Gasteiger partial charge on any atom is 0.324 e. The van der Waals surface area contributed by atoms with Gasteiger partial charge in [-0.05, 0) is 43.2 Å². The molecule has 0 saturated carbocycles. The molecule has 136 valence electrons. The fourth-order valence-electron chi connectivity index (χ4n) is 2.73. The second kappa shape index (κ2) is 7.70. The quantitative estimate of drug-likeness (QED) is 0.288. The molecule has 2 aromatic heterocycles. The van der Waals surface area contributed by atoms with E-state index in [1.165, 1.54) is 29.6 Å². The smallest absolute Gasteiger partial charge is 0.304 e. The van der Waals surface area contributed by atoms with E-state index in [-0.39, 0.29) is 5.00 Å². The minimum absolute atomic E-state index is 0.0289. The Kier molecular flexibility index (Phi) is 5.35. The molecule has 1 amide bonds. The average Bonchev–Trinajstić information content (AvgIpc) is 3.19. The Morgan fingerprint density at radius 2 is 2.15 bits per heavy atom. The first-order chi connectivity index (χ1) is 12.9. The molecular formula is C19H15N3O3S2. The van der Waals surface area contributed by atoms with Gasteiger partial charge in [0.25, 0.3) is 5.91 Å². The molecule has 0 atom stereocenters. The van der Waals surface area contributed by atoms with E-state index in [0.717, 1.165) is 32.7 Å². The second-order valence-corrected chi connectivity index (χ2v) is 7.92. The van der Waals surface area contributed by atoms with Gasteiger partial charge in [0.2, 0.25) is 0 Å². The minimum atomic E-state index is -0.460. The summed E-state index contributed by atoms with van der Waals surface area (Å²) in [7, 11) is 0. The van der Waals surface area contributed by atoms with Crippen LogP contribution in [-0.2, 0) is 11.3 Å². The zero-order valence-electron chi connectivity index (χ0n) is 14.6. The van der Waals surface area contributed by atoms with E-state index in [2.05, 4.69) is 17.0 Å². The highest BCUT2D eigenvalue weighted by Crippen LogP contribution is 2.25. The number of nitro groups is 1. The highest BCUT2D eigenvalue weighted by molar-refractivity contribution is 7.16. The van der Waals surface area contributed by atoms with Gasteiger partial charge in [-0.25, -0.2) is 0 Å². The van der Waals surface area contributed by atoms with Crippen LogP contribution in [0.5, 0.6) is 0 Å². The first kappa shape index (κ1) is 18.8. The molecule has 3 aromatic rings. The van der Waals surface area contributed by atoms with Gasteiger partial charge in [0.1, 0.15) is 0 Å². The number of aryl methyl sites for hydroxylation is 2. The van der Waals surface area contributed by atoms with Gasteiger partial charge >= 0.3 is 5.00 Å². The first-order valence-corrected chi connectivity index (χ1v) is 9.57. The van der Waals surface area contributed by atoms with Gasteiger partial charge in [0.05, 0.1) is 21.7 Å². The van der Waals surface area contributed by atoms with Crippen molar-refractivity contribution in [2.24, 2.45) is 4.99 Å². The molecule has 6 nitrogen and oxygen atoms in total. The topological polar surface area (TPSA) is 77.5 Å². The third-order valence-electron chi connectivity index (χ3n) is 3.75. The Morgan fingerprint density at radius 3 is 2.81 bits per heavy atom. The van der Waals surface area contributed by atoms with Crippen molar-refractivity contribution < 1.29 is 9.72 Å². The van der Waals surface area contributed by atoms with Crippen LogP contribution in [0.3, 0.4) is 0 Å². The molecule has 8 heteroatoms. The van der Waals surface area contributed by atoms with Crippen LogP contribution < -0.4 is 4.80 Å². The number of hydrogen-bond acceptors (Lipinski definition) is 5. The van der Waals surface area contributed by atoms with E-state index >= 15 is 0 Å². The summed E-state index contributed by atoms with van der Waals surface area (Å²) >= 11 is 2.41. The molecule has 0 fully saturated rings. The molecular weight excluding hydrogens is 382 g/mol. The van der Waals surface area contributed by atoms with Crippen LogP contribution in [0, 0.1) is 36.3 Å². The van der Waals surface area contributed by atoms with E-state index in [0.29, 0.717) is 16.2 Å². The monoisotopic (exact) mass is 397 g/mol. The molecule has 0 saturated heterocycles. The number of thiophene rings is 1. The zero-order valence-corrected chi connectivity index (χ0v) is 16.3. The number of benzene rings is 1. The molecule has 1 aromatic carbocycles. The molecule has 27 heavy (non-hydrogen) atoms. The van der Waals surface area contributed by atoms with Gasteiger partial charge < -0.3 is 4.57 Å². The number of nitrogens with zero attached hydrogens (tertiary/aromatic N) is 3. The van der Waals surface area contributed by atoms with Crippen molar-refractivity contribution in [1.82, 2.24) is 4.57 Å². The van der Waals surface area contributed by atoms with Crippen molar-refractivity contribution in [1.29, 1.82) is 0 Å². The number of carbonyl (C=O) groups is 1. The highest BCUT2D eigenvalue weighted by Gasteiger charge is 2.10. The van der Waals surface area contributed by atoms with Gasteiger partial charge in [0.15, 0.2) is 4.80 Å². The maximum absolute atomic E-state index is 12.3. The number of hydrogen-bond donors (Lipinski definition) is 0. The normalized spacial score (nSPS) is 12.0. The number of rotatable bonds is 4. The van der Waals surface area contributed by atoms with E-state index in [9.17, 15) is 14.9 Å². The summed E-state index contributed by atoms with van der Waals surface area (Å²) in [5, 5.41) is 10.7. The number of aromatic nitrogens is 1. The van der Waals surface area contributed by atoms with E-state index in [1.54, 1.807) is 6.07 Å². The van der Waals surface area contributed by atoms with Crippen molar-refractivity contribution in [3.8, 4) is 12.3 Å². The van der Waals surface area contributed by atoms with Crippen molar-refractivity contribution >= 4 is 49.9 Å². The summed E-state index contributed by atoms with van der Waals surface area (Å²) in [5.74, 6) is 2.16. The molecule has 0 unspecified atom stereocenters. The lowest BCUT2D eigenvalue weighted by molar-refractivity contribution is -0.380. The molecule has 0 bridgehead atoms. The molecule has 0 aliphatic heterocycles. The Labute approximate surface area is 163 Å². The summed E-state index contributed by atoms with van der Waals surface area (Å²) in [6.45, 7) is 4.34. The molecule has 0 aliphatic carbocycles. The van der Waals surface area contributed by atoms with Crippen molar-refractivity contribution in [2.45, 2.75) is 20.4 Å². The van der Waals surface area contributed by atoms with Crippen molar-refractivity contribution in [3.63, 3.8) is 0 Å². The zero-order chi connectivity index (χ0) is 19.6. The fraction of sp³-hybridized carbons (Fsp3) is 0.158. The van der Waals surface area contributed by atoms with Crippen LogP contribution in [0.15, 0.2) is 35.3 Å². The summed E-state index contributed by atoms with van der Waals surface area (Å²) in [6, 6.07) is 7.11. The molecule has 0 N–H and O–H groups in total. The number of terminal acetylenes is 1. The Balaban J connectivity index is 1.99. The lowest BCUT2D eigenvalue weighted by Crippen LogP contribution is -2.16. The van der Waals surface area contributed by atoms with Crippen molar-refractivity contribution in [2.75, 3.05) is 0 Å². The van der Waals surface area contributed by atoms with E-state index in [4.69, 9.17) is 6.42 Å². The van der Waals surface area contributed by atoms with Crippen LogP contribution in [0.25, 0.3) is 16.3 Å². The van der Waals surface area contributed by atoms with Crippen LogP contribution in [0.4, 0.5) is 5.00 Å². The van der Waals surface area contributed by atoms with E-state index < -0.39 is 10.8 Å². The van der Waals surface area contributed by atoms with Crippen molar-refractivity contribution in [3.05, 3.63) is 61.3 Å². The molecule has 0 aliphatic rings. The summed E-state index contributed by atoms with van der Waals surface area (Å²) in [4.78, 5) is 27.8. The van der Waals surface area contributed by atoms with Gasteiger partial charge in [-0.3, -0.25) is 14.9 Å². The van der Waals surface area contributed by atoms with Gasteiger partial charge in [-0.1, -0.05) is 34.7 Å². The number of thiazole rings is 1. The minimum Gasteiger partial charge on any atom is -0.304 e. The Hall–Kier alpha value is -3.02. The summed E-state index contributed by atoms with van der Waals surface area (Å²) in [5.41, 5.74) is 3.19. The fourth-order valence-corrected chi connectivity index (χ4v) is 4.67. The first-order valence-electron chi connectivity index (χ1n) is 7.94. The molecule has 2 heterocycles. The lowest BCUT2D eigenvalue weighted by Gasteiger charge is -2.04. The average molecular weight is 397 g/mol. The molecule has 0 radical (unpaired) electrons. The van der Waals surface area contributed by atoms with Gasteiger partial charge in [-0.2, -0.15) is 4.99 Å². The standard InChI is InChI=1S/C19H15N3O3S2/c1-4-9-21-18-13(3)10-12(2)11-15(18)27-19(21)20-16(23)7-5-14-6-8-17(26-14)22(24)25/h1,5-8,10-11H,9H2,2-3H3. The lowest BCUT2D eigenvalue weighted by atomic mass is 10.1. The maximum atomic E-state index is 12.3. The third kappa shape index (κ3) is 4.05. The highest BCUT2D eigenvalue weighted by atomic mass is 32.1. The third-order valence-corrected chi connectivity index (χ3v) is 5.78. The SMILES string of the molecule is C#CCn1c(=NC(=O)C=Cc2ccc([N+](=O)[O-])s2)sc2cc(C)cc(C)c21. The van der Waals surface area contributed by atoms with Crippen LogP contribution in [0.1, 0.15) is 16.0 Å². The molecule has 3 rings (SSSR count). The Morgan fingerprint density at radius 1 is 1.37 bits per heavy atom. The second-order valence-electron chi connectivity index (χ2n) is 5.82. The predicted octanol–water partition coefficient (Wildman–Crippen LogP) is 4.06. The number of carbonyl (C=O) groups excluding carboxylic acids is 1. The summed E-state index contributed by atoms with van der Waals surface area (Å²) < 4.78 is 2.88. The van der Waals surface area contributed by atoms with Crippen LogP contribution >= 0.6 is 22.7 Å². The number of amides is 1.